The molecule has 10 heteroatoms. The molecule has 2 rings (SSSR count). The van der Waals surface area contributed by atoms with Crippen molar-refractivity contribution in [2.45, 2.75) is 18.9 Å². The summed E-state index contributed by atoms with van der Waals surface area (Å²) in [5.41, 5.74) is 1.28. The van der Waals surface area contributed by atoms with Crippen LogP contribution in [0.15, 0.2) is 23.2 Å². The first-order valence-corrected chi connectivity index (χ1v) is 8.92. The first kappa shape index (κ1) is 21.2. The van der Waals surface area contributed by atoms with Crippen molar-refractivity contribution >= 4 is 29.3 Å². The lowest BCUT2D eigenvalue weighted by molar-refractivity contribution is -0.122. The Morgan fingerprint density at radius 3 is 2.57 bits per heavy atom. The molecular formula is C18H15F3N4O2S. The average molecular weight is 408 g/mol. The molecule has 1 aromatic heterocycles. The Bertz CT molecular complexity index is 976. The van der Waals surface area contributed by atoms with E-state index in [1.807, 2.05) is 11.4 Å². The minimum atomic E-state index is -1.70. The van der Waals surface area contributed by atoms with Crippen LogP contribution in [0.3, 0.4) is 0 Å². The van der Waals surface area contributed by atoms with Gasteiger partial charge in [0.2, 0.25) is 11.8 Å². The summed E-state index contributed by atoms with van der Waals surface area (Å²) >= 11 is 1.04. The van der Waals surface area contributed by atoms with Crippen molar-refractivity contribution in [3.05, 3.63) is 52.5 Å². The molecule has 6 nitrogen and oxygen atoms in total. The number of hydrogen-bond donors (Lipinski definition) is 2. The zero-order chi connectivity index (χ0) is 20.8. The van der Waals surface area contributed by atoms with Gasteiger partial charge in [-0.25, -0.2) is 18.2 Å². The summed E-state index contributed by atoms with van der Waals surface area (Å²) in [6.45, 7) is 3.03. The summed E-state index contributed by atoms with van der Waals surface area (Å²) in [5.74, 6) is -6.04. The standard InChI is InChI=1S/C18H15F3N4O2S/c1-9-5-10(2)24-18(11(9)6-22)28-8-15(27)23-7-14(26)25-13-4-3-12(19)16(20)17(13)21/h3-5H,7-8H2,1-2H3,(H,23,27)(H,25,26). The van der Waals surface area contributed by atoms with Gasteiger partial charge in [0.1, 0.15) is 11.1 Å². The SMILES string of the molecule is Cc1cc(C)c(C#N)c(SCC(=O)NCC(=O)Nc2ccc(F)c(F)c2F)n1. The molecule has 2 amide bonds. The number of nitriles is 1. The lowest BCUT2D eigenvalue weighted by atomic mass is 10.1. The maximum absolute atomic E-state index is 13.5. The van der Waals surface area contributed by atoms with Crippen LogP contribution in [-0.4, -0.2) is 29.1 Å². The van der Waals surface area contributed by atoms with E-state index in [4.69, 9.17) is 0 Å². The van der Waals surface area contributed by atoms with Crippen LogP contribution in [0.25, 0.3) is 0 Å². The third kappa shape index (κ3) is 5.23. The van der Waals surface area contributed by atoms with Crippen LogP contribution in [0.5, 0.6) is 0 Å². The Hall–Kier alpha value is -3.06. The van der Waals surface area contributed by atoms with Crippen LogP contribution in [-0.2, 0) is 9.59 Å². The molecule has 0 saturated heterocycles. The predicted molar refractivity (Wildman–Crippen MR) is 97.1 cm³/mol. The number of carbonyl (C=O) groups is 2. The van der Waals surface area contributed by atoms with Crippen LogP contribution in [0.1, 0.15) is 16.8 Å². The normalized spacial score (nSPS) is 10.3. The Labute approximate surface area is 163 Å². The fourth-order valence-corrected chi connectivity index (χ4v) is 3.15. The van der Waals surface area contributed by atoms with Gasteiger partial charge in [0.15, 0.2) is 17.5 Å². The van der Waals surface area contributed by atoms with Crippen molar-refractivity contribution in [2.75, 3.05) is 17.6 Å². The van der Waals surface area contributed by atoms with Gasteiger partial charge in [-0.15, -0.1) is 0 Å². The maximum Gasteiger partial charge on any atom is 0.243 e. The molecule has 0 unspecified atom stereocenters. The van der Waals surface area contributed by atoms with E-state index in [1.165, 1.54) is 0 Å². The maximum atomic E-state index is 13.5. The lowest BCUT2D eigenvalue weighted by Crippen LogP contribution is -2.34. The fourth-order valence-electron chi connectivity index (χ4n) is 2.22. The number of halogens is 3. The molecule has 0 aliphatic carbocycles. The van der Waals surface area contributed by atoms with Crippen molar-refractivity contribution in [1.29, 1.82) is 5.26 Å². The number of amides is 2. The van der Waals surface area contributed by atoms with Crippen LogP contribution >= 0.6 is 11.8 Å². The molecule has 0 saturated carbocycles. The highest BCUT2D eigenvalue weighted by Crippen LogP contribution is 2.23. The number of pyridine rings is 1. The first-order valence-electron chi connectivity index (χ1n) is 7.94. The second-order valence-corrected chi connectivity index (χ2v) is 6.67. The van der Waals surface area contributed by atoms with Crippen LogP contribution in [0.2, 0.25) is 0 Å². The van der Waals surface area contributed by atoms with Gasteiger partial charge < -0.3 is 10.6 Å². The Kier molecular flexibility index (Phi) is 7.00. The quantitative estimate of drug-likeness (QED) is 0.566. The molecule has 28 heavy (non-hydrogen) atoms. The number of carbonyl (C=O) groups excluding carboxylic acids is 2. The van der Waals surface area contributed by atoms with Gasteiger partial charge in [-0.3, -0.25) is 9.59 Å². The van der Waals surface area contributed by atoms with Crippen molar-refractivity contribution in [2.24, 2.45) is 0 Å². The van der Waals surface area contributed by atoms with E-state index in [1.54, 1.807) is 19.9 Å². The van der Waals surface area contributed by atoms with Crippen LogP contribution < -0.4 is 10.6 Å². The Morgan fingerprint density at radius 2 is 1.89 bits per heavy atom. The summed E-state index contributed by atoms with van der Waals surface area (Å²) in [6, 6.07) is 5.34. The minimum absolute atomic E-state index is 0.0998. The summed E-state index contributed by atoms with van der Waals surface area (Å²) in [7, 11) is 0. The van der Waals surface area contributed by atoms with E-state index in [9.17, 15) is 28.0 Å². The topological polar surface area (TPSA) is 94.9 Å². The molecule has 2 N–H and O–H groups in total. The largest absolute Gasteiger partial charge is 0.346 e. The Morgan fingerprint density at radius 1 is 1.18 bits per heavy atom. The number of nitrogens with one attached hydrogen (secondary N) is 2. The van der Waals surface area contributed by atoms with E-state index < -0.39 is 41.5 Å². The van der Waals surface area contributed by atoms with Crippen molar-refractivity contribution in [3.8, 4) is 6.07 Å². The molecule has 0 aliphatic heterocycles. The number of hydrogen-bond acceptors (Lipinski definition) is 5. The van der Waals surface area contributed by atoms with Crippen LogP contribution in [0.4, 0.5) is 18.9 Å². The second-order valence-electron chi connectivity index (χ2n) is 5.71. The van der Waals surface area contributed by atoms with Gasteiger partial charge in [-0.05, 0) is 37.6 Å². The number of nitrogens with zero attached hydrogens (tertiary/aromatic N) is 2. The highest BCUT2D eigenvalue weighted by atomic mass is 32.2. The van der Waals surface area contributed by atoms with Gasteiger partial charge >= 0.3 is 0 Å². The Balaban J connectivity index is 1.89. The molecule has 0 aliphatic rings. The zero-order valence-electron chi connectivity index (χ0n) is 14.9. The molecule has 146 valence electrons. The highest BCUT2D eigenvalue weighted by Gasteiger charge is 2.16. The number of aromatic nitrogens is 1. The van der Waals surface area contributed by atoms with Crippen molar-refractivity contribution < 1.29 is 22.8 Å². The molecule has 0 spiro atoms. The molecule has 2 aromatic rings. The first-order chi connectivity index (χ1) is 13.2. The molecule has 0 bridgehead atoms. The van der Waals surface area contributed by atoms with E-state index in [0.717, 1.165) is 23.4 Å². The van der Waals surface area contributed by atoms with Crippen molar-refractivity contribution in [3.63, 3.8) is 0 Å². The van der Waals surface area contributed by atoms with E-state index >= 15 is 0 Å². The van der Waals surface area contributed by atoms with Gasteiger partial charge in [0.25, 0.3) is 0 Å². The average Bonchev–Trinajstić information content (AvgIpc) is 2.64. The summed E-state index contributed by atoms with van der Waals surface area (Å²) < 4.78 is 39.5. The third-order valence-corrected chi connectivity index (χ3v) is 4.49. The molecule has 1 heterocycles. The fraction of sp³-hybridized carbons (Fsp3) is 0.222. The molecule has 1 aromatic carbocycles. The van der Waals surface area contributed by atoms with Gasteiger partial charge in [-0.2, -0.15) is 5.26 Å². The number of aryl methyl sites for hydroxylation is 2. The highest BCUT2D eigenvalue weighted by molar-refractivity contribution is 8.00. The van der Waals surface area contributed by atoms with E-state index in [0.29, 0.717) is 22.3 Å². The molecule has 0 fully saturated rings. The second kappa shape index (κ2) is 9.23. The molecule has 0 radical (unpaired) electrons. The summed E-state index contributed by atoms with van der Waals surface area (Å²) in [5, 5.41) is 14.0. The summed E-state index contributed by atoms with van der Waals surface area (Å²) in [6.07, 6.45) is 0. The number of benzene rings is 1. The number of anilines is 1. The molecule has 0 atom stereocenters. The van der Waals surface area contributed by atoms with Gasteiger partial charge in [-0.1, -0.05) is 11.8 Å². The van der Waals surface area contributed by atoms with Gasteiger partial charge in [0.05, 0.1) is 23.5 Å². The number of thioether (sulfide) groups is 1. The predicted octanol–water partition coefficient (Wildman–Crippen LogP) is 2.83. The van der Waals surface area contributed by atoms with E-state index in [-0.39, 0.29) is 5.75 Å². The van der Waals surface area contributed by atoms with Crippen LogP contribution in [0, 0.1) is 42.6 Å². The number of rotatable bonds is 6. The third-order valence-electron chi connectivity index (χ3n) is 3.52. The van der Waals surface area contributed by atoms with Gasteiger partial charge in [0, 0.05) is 5.69 Å². The minimum Gasteiger partial charge on any atom is -0.346 e. The van der Waals surface area contributed by atoms with E-state index in [2.05, 4.69) is 10.3 Å². The smallest absolute Gasteiger partial charge is 0.243 e. The lowest BCUT2D eigenvalue weighted by Gasteiger charge is -2.09. The molecular weight excluding hydrogens is 393 g/mol. The van der Waals surface area contributed by atoms with Crippen molar-refractivity contribution in [1.82, 2.24) is 10.3 Å². The summed E-state index contributed by atoms with van der Waals surface area (Å²) in [4.78, 5) is 27.9. The zero-order valence-corrected chi connectivity index (χ0v) is 15.7. The monoisotopic (exact) mass is 408 g/mol.